The SMILES string of the molecule is CCc1ccc(C(=O)O)cc1S(=O)(=O)Cc1cc(C(F)(F)F)ccc1-c1cccnc1.COc1ccc(C(=O)O)cc1S(=O)(=O)Cc1cc(C(F)(F)F)ccc1-c1ccccn1.COc1ccc(C(=O)O)cc1S(=O)(=O)Cc1cc(C(F)(F)F)ccc1-c1cnco1.COc1ccc(C(=O)O)cc1S(=O)(=O)Cc1cc(C(F)(F)F)ccc1-n1cncn1. The lowest BCUT2D eigenvalue weighted by Crippen LogP contribution is -2.13. The van der Waals surface area contributed by atoms with Crippen molar-refractivity contribution in [2.75, 3.05) is 21.3 Å². The maximum Gasteiger partial charge on any atom is 0.416 e. The van der Waals surface area contributed by atoms with Crippen LogP contribution in [0.4, 0.5) is 52.7 Å². The summed E-state index contributed by atoms with van der Waals surface area (Å²) in [6.45, 7) is 1.71. The summed E-state index contributed by atoms with van der Waals surface area (Å²) in [6, 6.07) is 32.4. The Morgan fingerprint density at radius 1 is 0.402 bits per heavy atom. The highest BCUT2D eigenvalue weighted by Crippen LogP contribution is 2.42. The van der Waals surface area contributed by atoms with E-state index in [0.717, 1.165) is 102 Å². The lowest BCUT2D eigenvalue weighted by Gasteiger charge is -2.16. The van der Waals surface area contributed by atoms with Gasteiger partial charge in [0.1, 0.15) is 44.6 Å². The first-order valence-electron chi connectivity index (χ1n) is 34.5. The maximum absolute atomic E-state index is 13.3. The lowest BCUT2D eigenvalue weighted by atomic mass is 9.99. The number of benzene rings is 8. The van der Waals surface area contributed by atoms with E-state index in [-0.39, 0.29) is 89.2 Å². The van der Waals surface area contributed by atoms with E-state index in [2.05, 4.69) is 25.0 Å². The normalized spacial score (nSPS) is 12.0. The number of sulfone groups is 4. The molecule has 4 N–H and O–H groups in total. The molecule has 0 aliphatic carbocycles. The third-order valence-corrected chi connectivity index (χ3v) is 24.4. The van der Waals surface area contributed by atoms with Crippen molar-refractivity contribution in [3.63, 3.8) is 0 Å². The van der Waals surface area contributed by atoms with Crippen LogP contribution in [0.1, 0.15) is 98.4 Å². The molecule has 0 aliphatic heterocycles. The molecule has 0 radical (unpaired) electrons. The smallest absolute Gasteiger partial charge is 0.416 e. The summed E-state index contributed by atoms with van der Waals surface area (Å²) in [6.07, 6.45) is -9.38. The molecule has 0 saturated heterocycles. The van der Waals surface area contributed by atoms with E-state index in [1.165, 1.54) is 101 Å². The number of methoxy groups -OCH3 is 3. The number of rotatable bonds is 24. The van der Waals surface area contributed by atoms with Crippen molar-refractivity contribution in [2.45, 2.75) is 80.6 Å². The van der Waals surface area contributed by atoms with E-state index in [1.54, 1.807) is 37.3 Å². The molecule has 0 unspecified atom stereocenters. The average Bonchev–Trinajstić information content (AvgIpc) is 1.29. The summed E-state index contributed by atoms with van der Waals surface area (Å²) < 4.78 is 285. The van der Waals surface area contributed by atoms with Crippen molar-refractivity contribution in [1.82, 2.24) is 29.7 Å². The minimum absolute atomic E-state index is 0.0504. The fourth-order valence-corrected chi connectivity index (χ4v) is 18.2. The van der Waals surface area contributed by atoms with Crippen LogP contribution in [-0.2, 0) is 93.5 Å². The number of halogens is 12. The molecular formula is C80H62F12N6O20S4. The van der Waals surface area contributed by atoms with E-state index < -0.39 is 148 Å². The van der Waals surface area contributed by atoms with Gasteiger partial charge in [-0.25, -0.2) is 67.5 Å². The molecule has 0 saturated carbocycles. The van der Waals surface area contributed by atoms with Crippen LogP contribution in [0.5, 0.6) is 17.2 Å². The van der Waals surface area contributed by atoms with Gasteiger partial charge in [-0.1, -0.05) is 43.3 Å². The predicted molar refractivity (Wildman–Crippen MR) is 409 cm³/mol. The molecule has 0 atom stereocenters. The topological polar surface area (TPSA) is 396 Å². The van der Waals surface area contributed by atoms with Gasteiger partial charge < -0.3 is 39.1 Å². The first-order chi connectivity index (χ1) is 57.1. The largest absolute Gasteiger partial charge is 0.495 e. The fraction of sp³-hybridized carbons (Fsp3) is 0.163. The number of carboxylic acid groups (broad SMARTS) is 4. The van der Waals surface area contributed by atoms with Crippen LogP contribution >= 0.6 is 0 Å². The van der Waals surface area contributed by atoms with Gasteiger partial charge in [0.15, 0.2) is 51.5 Å². The van der Waals surface area contributed by atoms with Gasteiger partial charge in [0.2, 0.25) is 0 Å². The molecule has 8 aromatic carbocycles. The molecule has 4 aromatic heterocycles. The lowest BCUT2D eigenvalue weighted by molar-refractivity contribution is -0.138. The summed E-state index contributed by atoms with van der Waals surface area (Å²) in [7, 11) is -13.5. The van der Waals surface area contributed by atoms with Crippen molar-refractivity contribution in [1.29, 1.82) is 0 Å². The van der Waals surface area contributed by atoms with Gasteiger partial charge in [-0.05, 0) is 179 Å². The standard InChI is InChI=1S/C22H18F3NO4S.C21H16F3NO5S.C19H14F3NO6S.C18H14F3N3O5S/c1-2-14-5-6-15(21(27)28)11-20(14)31(29,30)13-17-10-18(22(23,24)25)7-8-19(17)16-4-3-9-26-12-16;1-30-18-8-5-13(20(26)27)11-19(18)31(28,29)12-14-10-15(21(22,23)24)6-7-16(14)17-4-2-3-9-25-17;1-28-15-5-2-11(18(24)25)7-17(15)30(26,27)9-12-6-13(19(20,21)22)3-4-14(12)16-8-23-10-29-16;1-29-15-5-2-11(17(25)26)7-16(15)30(27,28)8-12-6-13(18(19,20)21)3-4-14(12)24-10-22-9-23-24/h3-12H,2,13H2,1H3,(H,27,28);2-11H,12H2,1H3,(H,26,27);2-8,10H,9H2,1H3,(H,24,25);2-7,9-10H,8H2,1H3,(H,25,26). The zero-order valence-corrected chi connectivity index (χ0v) is 66.3. The highest BCUT2D eigenvalue weighted by molar-refractivity contribution is 7.91. The molecule has 0 amide bonds. The van der Waals surface area contributed by atoms with Crippen molar-refractivity contribution in [3.8, 4) is 56.6 Å². The van der Waals surface area contributed by atoms with Crippen molar-refractivity contribution < 1.29 is 145 Å². The number of carboxylic acids is 4. The molecule has 640 valence electrons. The van der Waals surface area contributed by atoms with Gasteiger partial charge in [0.05, 0.1) is 111 Å². The van der Waals surface area contributed by atoms with E-state index in [9.17, 15) is 116 Å². The number of carbonyl (C=O) groups is 4. The number of oxazole rings is 1. The molecule has 0 aliphatic rings. The number of ether oxygens (including phenoxy) is 3. The maximum atomic E-state index is 13.3. The Kier molecular flexibility index (Phi) is 28.5. The Hall–Kier alpha value is -13.4. The van der Waals surface area contributed by atoms with Crippen LogP contribution in [0.15, 0.2) is 244 Å². The number of aromatic nitrogens is 6. The number of alkyl halides is 12. The van der Waals surface area contributed by atoms with Gasteiger partial charge in [-0.15, -0.1) is 0 Å². The van der Waals surface area contributed by atoms with Gasteiger partial charge >= 0.3 is 48.6 Å². The minimum Gasteiger partial charge on any atom is -0.495 e. The Morgan fingerprint density at radius 3 is 1.17 bits per heavy atom. The average molecular weight is 1780 g/mol. The van der Waals surface area contributed by atoms with Crippen LogP contribution in [0.25, 0.3) is 39.4 Å². The van der Waals surface area contributed by atoms with Crippen LogP contribution in [0.2, 0.25) is 0 Å². The van der Waals surface area contributed by atoms with Crippen LogP contribution in [0, 0.1) is 0 Å². The van der Waals surface area contributed by atoms with E-state index in [0.29, 0.717) is 40.9 Å². The van der Waals surface area contributed by atoms with E-state index >= 15 is 0 Å². The molecule has 26 nitrogen and oxygen atoms in total. The second-order valence-electron chi connectivity index (χ2n) is 25.6. The molecule has 0 fully saturated rings. The van der Waals surface area contributed by atoms with Crippen LogP contribution in [-0.4, -0.2) is 129 Å². The first-order valence-corrected chi connectivity index (χ1v) is 41.1. The van der Waals surface area contributed by atoms with Crippen LogP contribution < -0.4 is 14.2 Å². The Morgan fingerprint density at radius 2 is 0.795 bits per heavy atom. The third kappa shape index (κ3) is 22.8. The van der Waals surface area contributed by atoms with Crippen molar-refractivity contribution in [2.24, 2.45) is 0 Å². The van der Waals surface area contributed by atoms with Gasteiger partial charge in [0.25, 0.3) is 0 Å². The number of hydrogen-bond acceptors (Lipinski definition) is 21. The molecule has 4 heterocycles. The zero-order chi connectivity index (χ0) is 89.8. The first kappa shape index (κ1) is 92.5. The summed E-state index contributed by atoms with van der Waals surface area (Å²) in [5.74, 6) is -8.93. The van der Waals surface area contributed by atoms with Crippen molar-refractivity contribution in [3.05, 3.63) is 292 Å². The summed E-state index contributed by atoms with van der Waals surface area (Å²) in [5.41, 5.74) is -3.90. The van der Waals surface area contributed by atoms with Gasteiger partial charge in [-0.2, -0.15) is 57.8 Å². The number of pyridine rings is 2. The monoisotopic (exact) mass is 1780 g/mol. The van der Waals surface area contributed by atoms with Gasteiger partial charge in [0, 0.05) is 35.3 Å². The minimum atomic E-state index is -4.70. The highest BCUT2D eigenvalue weighted by atomic mass is 32.2. The Bertz CT molecular complexity index is 5980. The summed E-state index contributed by atoms with van der Waals surface area (Å²) >= 11 is 0. The highest BCUT2D eigenvalue weighted by Gasteiger charge is 2.38. The second kappa shape index (κ2) is 37.5. The quantitative estimate of drug-likeness (QED) is 0.0408. The molecule has 122 heavy (non-hydrogen) atoms. The predicted octanol–water partition coefficient (Wildman–Crippen LogP) is 16.5. The van der Waals surface area contributed by atoms with E-state index in [4.69, 9.17) is 28.8 Å². The number of aromatic carboxylic acids is 4. The second-order valence-corrected chi connectivity index (χ2v) is 33.5. The van der Waals surface area contributed by atoms with Gasteiger partial charge in [-0.3, -0.25) is 9.97 Å². The van der Waals surface area contributed by atoms with Crippen molar-refractivity contribution >= 4 is 63.2 Å². The van der Waals surface area contributed by atoms with E-state index in [1.807, 2.05) is 0 Å². The Labute approximate surface area is 684 Å². The summed E-state index contributed by atoms with van der Waals surface area (Å²) in [5, 5.41) is 40.5. The summed E-state index contributed by atoms with van der Waals surface area (Å²) in [4.78, 5) is 58.9. The van der Waals surface area contributed by atoms with Crippen LogP contribution in [0.3, 0.4) is 0 Å². The fourth-order valence-electron chi connectivity index (χ4n) is 11.8. The number of aryl methyl sites for hydroxylation is 1. The molecule has 12 aromatic rings. The Balaban J connectivity index is 0.000000185. The zero-order valence-electron chi connectivity index (χ0n) is 63.0. The molecule has 0 spiro atoms. The molecule has 42 heteroatoms. The molecule has 12 rings (SSSR count). The number of nitrogens with zero attached hydrogens (tertiary/aromatic N) is 6. The third-order valence-electron chi connectivity index (χ3n) is 17.6. The number of hydrogen-bond donors (Lipinski definition) is 4. The molecular weight excluding hydrogens is 1720 g/mol. The molecule has 0 bridgehead atoms.